The molecule has 4 heteroatoms. The second kappa shape index (κ2) is 4.70. The number of furan rings is 1. The minimum atomic E-state index is -0.157. The van der Waals surface area contributed by atoms with Gasteiger partial charge >= 0.3 is 0 Å². The highest BCUT2D eigenvalue weighted by Gasteiger charge is 2.24. The van der Waals surface area contributed by atoms with Gasteiger partial charge in [-0.25, -0.2) is 0 Å². The van der Waals surface area contributed by atoms with Gasteiger partial charge in [-0.3, -0.25) is 4.79 Å². The van der Waals surface area contributed by atoms with Crippen LogP contribution in [0.5, 0.6) is 0 Å². The molecule has 1 saturated carbocycles. The Hall–Kier alpha value is -1.29. The Morgan fingerprint density at radius 2 is 2.19 bits per heavy atom. The lowest BCUT2D eigenvalue weighted by atomic mass is 9.91. The molecule has 3 N–H and O–H groups in total. The Bertz CT molecular complexity index is 373. The lowest BCUT2D eigenvalue weighted by molar-refractivity contribution is 0.0892. The first-order valence-electron chi connectivity index (χ1n) is 5.79. The molecule has 4 nitrogen and oxygen atoms in total. The van der Waals surface area contributed by atoms with Gasteiger partial charge in [0.15, 0.2) is 5.76 Å². The highest BCUT2D eigenvalue weighted by molar-refractivity contribution is 5.91. The van der Waals surface area contributed by atoms with E-state index in [1.165, 1.54) is 0 Å². The van der Waals surface area contributed by atoms with E-state index >= 15 is 0 Å². The van der Waals surface area contributed by atoms with Crippen LogP contribution in [0.15, 0.2) is 16.5 Å². The predicted octanol–water partition coefficient (Wildman–Crippen LogP) is 1.59. The molecule has 1 fully saturated rings. The van der Waals surface area contributed by atoms with E-state index in [0.29, 0.717) is 5.76 Å². The molecule has 0 aliphatic heterocycles. The van der Waals surface area contributed by atoms with Gasteiger partial charge in [0, 0.05) is 12.1 Å². The first kappa shape index (κ1) is 11.2. The molecule has 2 rings (SSSR count). The molecule has 1 aliphatic rings. The van der Waals surface area contributed by atoms with E-state index in [1.54, 1.807) is 12.1 Å². The van der Waals surface area contributed by atoms with Gasteiger partial charge in [-0.2, -0.15) is 0 Å². The van der Waals surface area contributed by atoms with Gasteiger partial charge in [0.2, 0.25) is 0 Å². The van der Waals surface area contributed by atoms with Gasteiger partial charge in [0.05, 0.1) is 0 Å². The molecule has 0 unspecified atom stereocenters. The summed E-state index contributed by atoms with van der Waals surface area (Å²) in [5.41, 5.74) is 5.97. The van der Waals surface area contributed by atoms with Gasteiger partial charge in [-0.15, -0.1) is 0 Å². The second-order valence-corrected chi connectivity index (χ2v) is 4.44. The van der Waals surface area contributed by atoms with E-state index in [4.69, 9.17) is 10.2 Å². The average molecular weight is 222 g/mol. The molecule has 1 aromatic rings. The van der Waals surface area contributed by atoms with Crippen LogP contribution in [-0.2, 0) is 0 Å². The number of hydrogen-bond acceptors (Lipinski definition) is 3. The normalized spacial score (nSPS) is 25.4. The van der Waals surface area contributed by atoms with Gasteiger partial charge < -0.3 is 15.5 Å². The molecule has 1 aromatic heterocycles. The van der Waals surface area contributed by atoms with Gasteiger partial charge in [0.25, 0.3) is 5.91 Å². The molecular weight excluding hydrogens is 204 g/mol. The Labute approximate surface area is 95.2 Å². The summed E-state index contributed by atoms with van der Waals surface area (Å²) < 4.78 is 5.27. The van der Waals surface area contributed by atoms with Crippen molar-refractivity contribution in [2.45, 2.75) is 44.7 Å². The van der Waals surface area contributed by atoms with Crippen LogP contribution in [0.1, 0.15) is 42.0 Å². The number of hydrogen-bond donors (Lipinski definition) is 2. The number of carbonyl (C=O) groups is 1. The summed E-state index contributed by atoms with van der Waals surface area (Å²) in [4.78, 5) is 11.8. The molecule has 1 aliphatic carbocycles. The van der Waals surface area contributed by atoms with E-state index in [2.05, 4.69) is 5.32 Å². The molecule has 1 amide bonds. The molecule has 16 heavy (non-hydrogen) atoms. The fourth-order valence-corrected chi connectivity index (χ4v) is 2.13. The molecule has 1 heterocycles. The van der Waals surface area contributed by atoms with Crippen LogP contribution in [0.25, 0.3) is 0 Å². The Kier molecular flexibility index (Phi) is 3.29. The van der Waals surface area contributed by atoms with Crippen molar-refractivity contribution in [3.05, 3.63) is 23.7 Å². The van der Waals surface area contributed by atoms with Crippen LogP contribution >= 0.6 is 0 Å². The zero-order chi connectivity index (χ0) is 11.5. The Balaban J connectivity index is 1.96. The molecular formula is C12H18N2O2. The van der Waals surface area contributed by atoms with Crippen LogP contribution in [0.3, 0.4) is 0 Å². The van der Waals surface area contributed by atoms with Crippen molar-refractivity contribution < 1.29 is 9.21 Å². The van der Waals surface area contributed by atoms with Crippen LogP contribution in [0.4, 0.5) is 0 Å². The third kappa shape index (κ3) is 2.44. The summed E-state index contributed by atoms with van der Waals surface area (Å²) in [6, 6.07) is 3.65. The van der Waals surface area contributed by atoms with Gasteiger partial charge in [-0.1, -0.05) is 12.8 Å². The van der Waals surface area contributed by atoms with Crippen molar-refractivity contribution in [2.24, 2.45) is 5.73 Å². The lowest BCUT2D eigenvalue weighted by Gasteiger charge is -2.28. The maximum Gasteiger partial charge on any atom is 0.287 e. The number of nitrogens with two attached hydrogens (primary N) is 1. The molecule has 0 saturated heterocycles. The molecule has 0 spiro atoms. The number of nitrogens with one attached hydrogen (secondary N) is 1. The highest BCUT2D eigenvalue weighted by Crippen LogP contribution is 2.17. The number of carbonyl (C=O) groups excluding carboxylic acids is 1. The summed E-state index contributed by atoms with van der Waals surface area (Å²) in [5.74, 6) is 0.962. The van der Waals surface area contributed by atoms with Gasteiger partial charge in [-0.05, 0) is 31.9 Å². The maximum absolute atomic E-state index is 11.8. The second-order valence-electron chi connectivity index (χ2n) is 4.44. The smallest absolute Gasteiger partial charge is 0.287 e. The van der Waals surface area contributed by atoms with Crippen molar-refractivity contribution >= 4 is 5.91 Å². The zero-order valence-electron chi connectivity index (χ0n) is 9.53. The van der Waals surface area contributed by atoms with Crippen molar-refractivity contribution in [2.75, 3.05) is 0 Å². The quantitative estimate of drug-likeness (QED) is 0.798. The molecule has 2 atom stereocenters. The number of aryl methyl sites for hydroxylation is 1. The summed E-state index contributed by atoms with van der Waals surface area (Å²) in [6.07, 6.45) is 4.25. The predicted molar refractivity (Wildman–Crippen MR) is 61.1 cm³/mol. The molecule has 0 aromatic carbocycles. The minimum Gasteiger partial charge on any atom is -0.456 e. The third-order valence-electron chi connectivity index (χ3n) is 3.10. The van der Waals surface area contributed by atoms with Crippen molar-refractivity contribution in [3.63, 3.8) is 0 Å². The van der Waals surface area contributed by atoms with Crippen molar-refractivity contribution in [1.29, 1.82) is 0 Å². The topological polar surface area (TPSA) is 68.3 Å². The molecule has 0 radical (unpaired) electrons. The summed E-state index contributed by atoms with van der Waals surface area (Å²) >= 11 is 0. The zero-order valence-corrected chi connectivity index (χ0v) is 9.53. The summed E-state index contributed by atoms with van der Waals surface area (Å²) in [6.45, 7) is 1.82. The SMILES string of the molecule is Cc1ccc(C(=O)N[C@@H]2CCCC[C@H]2N)o1. The standard InChI is InChI=1S/C12H18N2O2/c1-8-6-7-11(16-8)12(15)14-10-5-3-2-4-9(10)13/h6-7,9-10H,2-5,13H2,1H3,(H,14,15)/t9-,10-/m1/s1. The monoisotopic (exact) mass is 222 g/mol. The van der Waals surface area contributed by atoms with Crippen LogP contribution in [0, 0.1) is 6.92 Å². The Morgan fingerprint density at radius 1 is 1.44 bits per heavy atom. The lowest BCUT2D eigenvalue weighted by Crippen LogP contribution is -2.49. The third-order valence-corrected chi connectivity index (χ3v) is 3.10. The fraction of sp³-hybridized carbons (Fsp3) is 0.583. The number of rotatable bonds is 2. The van der Waals surface area contributed by atoms with E-state index < -0.39 is 0 Å². The fourth-order valence-electron chi connectivity index (χ4n) is 2.13. The van der Waals surface area contributed by atoms with E-state index in [-0.39, 0.29) is 18.0 Å². The van der Waals surface area contributed by atoms with E-state index in [9.17, 15) is 4.79 Å². The van der Waals surface area contributed by atoms with Gasteiger partial charge in [0.1, 0.15) is 5.76 Å². The first-order chi connectivity index (χ1) is 7.66. The maximum atomic E-state index is 11.8. The summed E-state index contributed by atoms with van der Waals surface area (Å²) in [5, 5.41) is 2.94. The minimum absolute atomic E-state index is 0.0776. The first-order valence-corrected chi connectivity index (χ1v) is 5.79. The molecule has 0 bridgehead atoms. The average Bonchev–Trinajstić information content (AvgIpc) is 2.68. The molecule has 88 valence electrons. The van der Waals surface area contributed by atoms with Crippen LogP contribution < -0.4 is 11.1 Å². The van der Waals surface area contributed by atoms with E-state index in [1.807, 2.05) is 6.92 Å². The summed E-state index contributed by atoms with van der Waals surface area (Å²) in [7, 11) is 0. The van der Waals surface area contributed by atoms with Crippen molar-refractivity contribution in [1.82, 2.24) is 5.32 Å². The van der Waals surface area contributed by atoms with Crippen LogP contribution in [-0.4, -0.2) is 18.0 Å². The van der Waals surface area contributed by atoms with Crippen LogP contribution in [0.2, 0.25) is 0 Å². The Morgan fingerprint density at radius 3 is 2.81 bits per heavy atom. The number of amides is 1. The highest BCUT2D eigenvalue weighted by atomic mass is 16.3. The van der Waals surface area contributed by atoms with Crippen molar-refractivity contribution in [3.8, 4) is 0 Å². The largest absolute Gasteiger partial charge is 0.456 e. The van der Waals surface area contributed by atoms with E-state index in [0.717, 1.165) is 31.4 Å².